The Morgan fingerprint density at radius 2 is 2.14 bits per heavy atom. The molecule has 0 fully saturated rings. The van der Waals surface area contributed by atoms with E-state index >= 15 is 0 Å². The second-order valence-electron chi connectivity index (χ2n) is 3.76. The van der Waals surface area contributed by atoms with Crippen molar-refractivity contribution >= 4 is 5.91 Å². The number of ether oxygens (including phenoxy) is 1. The fourth-order valence-corrected chi connectivity index (χ4v) is 0.837. The lowest BCUT2D eigenvalue weighted by atomic mass is 10.1. The smallest absolute Gasteiger partial charge is 0.234 e. The number of amides is 1. The summed E-state index contributed by atoms with van der Waals surface area (Å²) in [6.45, 7) is 4.92. The highest BCUT2D eigenvalue weighted by Crippen LogP contribution is 1.98. The van der Waals surface area contributed by atoms with Gasteiger partial charge in [0.1, 0.15) is 0 Å². The lowest BCUT2D eigenvalue weighted by Crippen LogP contribution is -2.49. The molecular formula is C9H20N2O3. The van der Waals surface area contributed by atoms with Crippen molar-refractivity contribution in [1.29, 1.82) is 0 Å². The Labute approximate surface area is 84.8 Å². The van der Waals surface area contributed by atoms with Gasteiger partial charge in [-0.3, -0.25) is 4.79 Å². The third-order valence-corrected chi connectivity index (χ3v) is 1.64. The molecule has 5 heteroatoms. The molecule has 14 heavy (non-hydrogen) atoms. The number of rotatable bonds is 7. The van der Waals surface area contributed by atoms with E-state index in [1.165, 1.54) is 0 Å². The summed E-state index contributed by atoms with van der Waals surface area (Å²) < 4.78 is 4.81. The Morgan fingerprint density at radius 1 is 1.50 bits per heavy atom. The van der Waals surface area contributed by atoms with E-state index in [1.807, 2.05) is 0 Å². The third-order valence-electron chi connectivity index (χ3n) is 1.64. The highest BCUT2D eigenvalue weighted by atomic mass is 16.5. The topological polar surface area (TPSA) is 70.6 Å². The number of hydrogen-bond donors (Lipinski definition) is 3. The highest BCUT2D eigenvalue weighted by Gasteiger charge is 2.18. The van der Waals surface area contributed by atoms with Crippen molar-refractivity contribution in [3.05, 3.63) is 0 Å². The molecule has 0 aromatic carbocycles. The van der Waals surface area contributed by atoms with E-state index in [-0.39, 0.29) is 19.1 Å². The van der Waals surface area contributed by atoms with Crippen molar-refractivity contribution in [1.82, 2.24) is 10.6 Å². The van der Waals surface area contributed by atoms with Crippen LogP contribution in [0.4, 0.5) is 0 Å². The predicted molar refractivity (Wildman–Crippen MR) is 54.1 cm³/mol. The van der Waals surface area contributed by atoms with E-state index in [1.54, 1.807) is 21.0 Å². The maximum Gasteiger partial charge on any atom is 0.234 e. The van der Waals surface area contributed by atoms with Crippen molar-refractivity contribution in [3.8, 4) is 0 Å². The van der Waals surface area contributed by atoms with Crippen molar-refractivity contribution in [2.24, 2.45) is 0 Å². The van der Waals surface area contributed by atoms with Crippen LogP contribution in [0.15, 0.2) is 0 Å². The van der Waals surface area contributed by atoms with Crippen LogP contribution in [-0.4, -0.2) is 50.0 Å². The fourth-order valence-electron chi connectivity index (χ4n) is 0.837. The van der Waals surface area contributed by atoms with Gasteiger partial charge in [0.2, 0.25) is 5.91 Å². The van der Waals surface area contributed by atoms with Crippen LogP contribution in [0.3, 0.4) is 0 Å². The number of nitrogens with one attached hydrogen (secondary N) is 2. The summed E-state index contributed by atoms with van der Waals surface area (Å²) >= 11 is 0. The minimum absolute atomic E-state index is 0.0726. The number of carbonyl (C=O) groups is 1. The molecule has 0 rings (SSSR count). The molecular weight excluding hydrogens is 184 g/mol. The zero-order valence-corrected chi connectivity index (χ0v) is 9.09. The largest absolute Gasteiger partial charge is 0.394 e. The van der Waals surface area contributed by atoms with Crippen molar-refractivity contribution < 1.29 is 14.6 Å². The summed E-state index contributed by atoms with van der Waals surface area (Å²) in [4.78, 5) is 11.3. The Kier molecular flexibility index (Phi) is 6.44. The summed E-state index contributed by atoms with van der Waals surface area (Å²) in [6, 6.07) is 0. The van der Waals surface area contributed by atoms with Gasteiger partial charge in [-0.1, -0.05) is 0 Å². The molecule has 0 aliphatic rings. The monoisotopic (exact) mass is 204 g/mol. The minimum atomic E-state index is -0.556. The summed E-state index contributed by atoms with van der Waals surface area (Å²) in [6.07, 6.45) is 0. The maximum atomic E-state index is 11.3. The fraction of sp³-hybridized carbons (Fsp3) is 0.889. The van der Waals surface area contributed by atoms with Crippen LogP contribution in [0.1, 0.15) is 13.8 Å². The van der Waals surface area contributed by atoms with Gasteiger partial charge in [-0.15, -0.1) is 0 Å². The van der Waals surface area contributed by atoms with Crippen molar-refractivity contribution in [3.63, 3.8) is 0 Å². The summed E-state index contributed by atoms with van der Waals surface area (Å²) in [5.74, 6) is -0.125. The third kappa shape index (κ3) is 6.82. The van der Waals surface area contributed by atoms with Gasteiger partial charge in [0, 0.05) is 13.7 Å². The van der Waals surface area contributed by atoms with Gasteiger partial charge < -0.3 is 20.5 Å². The number of carbonyl (C=O) groups excluding carboxylic acids is 1. The highest BCUT2D eigenvalue weighted by molar-refractivity contribution is 5.78. The van der Waals surface area contributed by atoms with Gasteiger partial charge in [-0.05, 0) is 13.8 Å². The first-order valence-electron chi connectivity index (χ1n) is 4.63. The Hall–Kier alpha value is -0.650. The van der Waals surface area contributed by atoms with E-state index in [9.17, 15) is 4.79 Å². The molecule has 0 aromatic heterocycles. The molecule has 1 amide bonds. The van der Waals surface area contributed by atoms with Gasteiger partial charge >= 0.3 is 0 Å². The average Bonchev–Trinajstić information content (AvgIpc) is 2.12. The Balaban J connectivity index is 3.55. The SMILES string of the molecule is COCCNCC(=O)NC(C)(C)CO. The van der Waals surface area contributed by atoms with Crippen LogP contribution in [-0.2, 0) is 9.53 Å². The molecule has 0 aliphatic heterocycles. The van der Waals surface area contributed by atoms with E-state index in [0.717, 1.165) is 0 Å². The lowest BCUT2D eigenvalue weighted by Gasteiger charge is -2.23. The lowest BCUT2D eigenvalue weighted by molar-refractivity contribution is -0.122. The number of hydrogen-bond acceptors (Lipinski definition) is 4. The van der Waals surface area contributed by atoms with Crippen molar-refractivity contribution in [2.75, 3.05) is 33.4 Å². The van der Waals surface area contributed by atoms with Gasteiger partial charge in [0.05, 0.1) is 25.3 Å². The summed E-state index contributed by atoms with van der Waals surface area (Å²) in [5, 5.41) is 14.5. The van der Waals surface area contributed by atoms with E-state index in [4.69, 9.17) is 9.84 Å². The number of methoxy groups -OCH3 is 1. The first-order valence-corrected chi connectivity index (χ1v) is 4.63. The van der Waals surface area contributed by atoms with Gasteiger partial charge in [0.25, 0.3) is 0 Å². The molecule has 0 atom stereocenters. The average molecular weight is 204 g/mol. The number of aliphatic hydroxyl groups is 1. The van der Waals surface area contributed by atoms with Gasteiger partial charge in [-0.2, -0.15) is 0 Å². The van der Waals surface area contributed by atoms with Crippen LogP contribution in [0.5, 0.6) is 0 Å². The molecule has 0 heterocycles. The zero-order valence-electron chi connectivity index (χ0n) is 9.09. The summed E-state index contributed by atoms with van der Waals surface area (Å²) in [5.41, 5.74) is -0.556. The van der Waals surface area contributed by atoms with Crippen LogP contribution < -0.4 is 10.6 Å². The van der Waals surface area contributed by atoms with E-state index in [0.29, 0.717) is 13.2 Å². The Morgan fingerprint density at radius 3 is 2.64 bits per heavy atom. The van der Waals surface area contributed by atoms with Crippen molar-refractivity contribution in [2.45, 2.75) is 19.4 Å². The van der Waals surface area contributed by atoms with Gasteiger partial charge in [-0.25, -0.2) is 0 Å². The molecule has 0 saturated carbocycles. The molecule has 0 radical (unpaired) electrons. The first kappa shape index (κ1) is 13.4. The minimum Gasteiger partial charge on any atom is -0.394 e. The van der Waals surface area contributed by atoms with E-state index in [2.05, 4.69) is 10.6 Å². The maximum absolute atomic E-state index is 11.3. The van der Waals surface area contributed by atoms with Crippen LogP contribution >= 0.6 is 0 Å². The van der Waals surface area contributed by atoms with Crippen LogP contribution in [0, 0.1) is 0 Å². The molecule has 5 nitrogen and oxygen atoms in total. The molecule has 0 aliphatic carbocycles. The molecule has 0 aromatic rings. The zero-order chi connectivity index (χ0) is 11.0. The quantitative estimate of drug-likeness (QED) is 0.470. The second kappa shape index (κ2) is 6.75. The molecule has 0 saturated heterocycles. The first-order chi connectivity index (χ1) is 6.52. The molecule has 0 bridgehead atoms. The second-order valence-corrected chi connectivity index (χ2v) is 3.76. The van der Waals surface area contributed by atoms with E-state index < -0.39 is 5.54 Å². The van der Waals surface area contributed by atoms with Crippen LogP contribution in [0.2, 0.25) is 0 Å². The molecule has 0 unspecified atom stereocenters. The molecule has 0 spiro atoms. The predicted octanol–water partition coefficient (Wildman–Crippen LogP) is -0.890. The molecule has 84 valence electrons. The standard InChI is InChI=1S/C9H20N2O3/c1-9(2,7-12)11-8(13)6-10-4-5-14-3/h10,12H,4-7H2,1-3H3,(H,11,13). The summed E-state index contributed by atoms with van der Waals surface area (Å²) in [7, 11) is 1.61. The normalized spacial score (nSPS) is 11.4. The Bertz CT molecular complexity index is 171. The number of aliphatic hydroxyl groups excluding tert-OH is 1. The van der Waals surface area contributed by atoms with Gasteiger partial charge in [0.15, 0.2) is 0 Å². The molecule has 3 N–H and O–H groups in total. The van der Waals surface area contributed by atoms with Crippen LogP contribution in [0.25, 0.3) is 0 Å².